The summed E-state index contributed by atoms with van der Waals surface area (Å²) in [6, 6.07) is 0. The van der Waals surface area contributed by atoms with Gasteiger partial charge in [-0.1, -0.05) is 20.3 Å². The van der Waals surface area contributed by atoms with Crippen molar-refractivity contribution in [2.75, 3.05) is 20.6 Å². The number of hydrogen-bond donors (Lipinski definition) is 0. The lowest BCUT2D eigenvalue weighted by atomic mass is 10.1. The first-order chi connectivity index (χ1) is 4.16. The summed E-state index contributed by atoms with van der Waals surface area (Å²) < 4.78 is 0. The van der Waals surface area contributed by atoms with Crippen molar-refractivity contribution in [2.24, 2.45) is 0 Å². The fraction of sp³-hybridized carbons (Fsp3) is 0.875. The van der Waals surface area contributed by atoms with Crippen molar-refractivity contribution >= 4 is 0 Å². The number of hydrogen-bond acceptors (Lipinski definition) is 1. The van der Waals surface area contributed by atoms with Gasteiger partial charge in [-0.2, -0.15) is 0 Å². The molecule has 0 heterocycles. The second-order valence-electron chi connectivity index (χ2n) is 2.86. The molecule has 0 unspecified atom stereocenters. The van der Waals surface area contributed by atoms with Gasteiger partial charge < -0.3 is 4.90 Å². The summed E-state index contributed by atoms with van der Waals surface area (Å²) in [6.45, 7) is 5.63. The Morgan fingerprint density at radius 2 is 1.89 bits per heavy atom. The van der Waals surface area contributed by atoms with Crippen LogP contribution in [-0.2, 0) is 0 Å². The summed E-state index contributed by atoms with van der Waals surface area (Å²) in [7, 11) is 4.23. The summed E-state index contributed by atoms with van der Waals surface area (Å²) >= 11 is 0. The Labute approximate surface area is 59.1 Å². The first-order valence-electron chi connectivity index (χ1n) is 3.62. The third kappa shape index (κ3) is 5.84. The highest BCUT2D eigenvalue weighted by atomic mass is 15.0. The van der Waals surface area contributed by atoms with Crippen LogP contribution in [0.25, 0.3) is 0 Å². The highest BCUT2D eigenvalue weighted by Crippen LogP contribution is 2.08. The second kappa shape index (κ2) is 4.80. The van der Waals surface area contributed by atoms with Crippen LogP contribution < -0.4 is 0 Å². The zero-order valence-corrected chi connectivity index (χ0v) is 7.07. The molecule has 55 valence electrons. The van der Waals surface area contributed by atoms with Gasteiger partial charge >= 0.3 is 0 Å². The molecule has 0 saturated heterocycles. The molecule has 0 amide bonds. The predicted molar refractivity (Wildman–Crippen MR) is 42.4 cm³/mol. The molecule has 1 radical (unpaired) electrons. The van der Waals surface area contributed by atoms with Gasteiger partial charge in [-0.3, -0.25) is 0 Å². The lowest BCUT2D eigenvalue weighted by Crippen LogP contribution is -2.14. The SMILES string of the molecule is CC[C](C)CCN(C)C. The van der Waals surface area contributed by atoms with Gasteiger partial charge in [0.2, 0.25) is 0 Å². The molecule has 0 aliphatic rings. The Balaban J connectivity index is 3.06. The molecule has 9 heavy (non-hydrogen) atoms. The first-order valence-corrected chi connectivity index (χ1v) is 3.62. The quantitative estimate of drug-likeness (QED) is 0.559. The molecule has 0 atom stereocenters. The molecule has 0 rings (SSSR count). The van der Waals surface area contributed by atoms with E-state index in [0.29, 0.717) is 0 Å². The molecule has 0 aromatic rings. The van der Waals surface area contributed by atoms with E-state index in [1.54, 1.807) is 5.92 Å². The van der Waals surface area contributed by atoms with E-state index in [9.17, 15) is 0 Å². The maximum atomic E-state index is 2.23. The maximum absolute atomic E-state index is 2.23. The van der Waals surface area contributed by atoms with Crippen molar-refractivity contribution in [3.63, 3.8) is 0 Å². The minimum Gasteiger partial charge on any atom is -0.309 e. The van der Waals surface area contributed by atoms with Crippen molar-refractivity contribution in [1.29, 1.82) is 0 Å². The van der Waals surface area contributed by atoms with Crippen molar-refractivity contribution in [3.05, 3.63) is 5.92 Å². The van der Waals surface area contributed by atoms with E-state index >= 15 is 0 Å². The highest BCUT2D eigenvalue weighted by Gasteiger charge is 1.98. The average molecular weight is 128 g/mol. The van der Waals surface area contributed by atoms with Crippen molar-refractivity contribution < 1.29 is 0 Å². The molecule has 1 nitrogen and oxygen atoms in total. The zero-order chi connectivity index (χ0) is 7.28. The third-order valence-electron chi connectivity index (χ3n) is 1.59. The molecule has 0 aliphatic carbocycles. The van der Waals surface area contributed by atoms with Gasteiger partial charge in [0.05, 0.1) is 0 Å². The minimum absolute atomic E-state index is 1.19. The molecule has 1 heteroatoms. The molecule has 0 fully saturated rings. The summed E-state index contributed by atoms with van der Waals surface area (Å²) in [5.41, 5.74) is 0. The molecule has 0 aromatic carbocycles. The van der Waals surface area contributed by atoms with Gasteiger partial charge in [0.15, 0.2) is 0 Å². The Kier molecular flexibility index (Phi) is 4.78. The molecular weight excluding hydrogens is 110 g/mol. The molecule has 0 aromatic heterocycles. The van der Waals surface area contributed by atoms with Crippen LogP contribution in [0, 0.1) is 5.92 Å². The summed E-state index contributed by atoms with van der Waals surface area (Å²) in [5.74, 6) is 1.60. The van der Waals surface area contributed by atoms with Gasteiger partial charge in [-0.05, 0) is 33.0 Å². The summed E-state index contributed by atoms with van der Waals surface area (Å²) in [6.07, 6.45) is 2.48. The second-order valence-corrected chi connectivity index (χ2v) is 2.86. The first kappa shape index (κ1) is 8.96. The predicted octanol–water partition coefficient (Wildman–Crippen LogP) is 1.94. The molecule has 0 N–H and O–H groups in total. The summed E-state index contributed by atoms with van der Waals surface area (Å²) in [4.78, 5) is 2.22. The highest BCUT2D eigenvalue weighted by molar-refractivity contribution is 4.81. The Morgan fingerprint density at radius 1 is 1.33 bits per heavy atom. The van der Waals surface area contributed by atoms with E-state index in [0.717, 1.165) is 0 Å². The fourth-order valence-electron chi connectivity index (χ4n) is 0.591. The topological polar surface area (TPSA) is 3.24 Å². The van der Waals surface area contributed by atoms with Crippen LogP contribution >= 0.6 is 0 Å². The molecule has 0 bridgehead atoms. The number of rotatable bonds is 4. The van der Waals surface area contributed by atoms with E-state index in [-0.39, 0.29) is 0 Å². The molecule has 0 spiro atoms. The van der Waals surface area contributed by atoms with Crippen LogP contribution in [0.4, 0.5) is 0 Å². The van der Waals surface area contributed by atoms with Crippen molar-refractivity contribution in [3.8, 4) is 0 Å². The lowest BCUT2D eigenvalue weighted by Gasteiger charge is -2.12. The third-order valence-corrected chi connectivity index (χ3v) is 1.59. The van der Waals surface area contributed by atoms with Crippen LogP contribution in [0.2, 0.25) is 0 Å². The van der Waals surface area contributed by atoms with Gasteiger partial charge in [0.1, 0.15) is 0 Å². The largest absolute Gasteiger partial charge is 0.309 e. The van der Waals surface area contributed by atoms with Crippen LogP contribution in [0.15, 0.2) is 0 Å². The fourth-order valence-corrected chi connectivity index (χ4v) is 0.591. The van der Waals surface area contributed by atoms with Gasteiger partial charge in [-0.25, -0.2) is 0 Å². The van der Waals surface area contributed by atoms with E-state index in [2.05, 4.69) is 32.8 Å². The van der Waals surface area contributed by atoms with Crippen LogP contribution in [-0.4, -0.2) is 25.5 Å². The lowest BCUT2D eigenvalue weighted by molar-refractivity contribution is 0.401. The van der Waals surface area contributed by atoms with Gasteiger partial charge in [0.25, 0.3) is 0 Å². The molecule has 0 saturated carbocycles. The smallest absolute Gasteiger partial charge is 0.00194 e. The normalized spacial score (nSPS) is 11.3. The minimum atomic E-state index is 1.19. The van der Waals surface area contributed by atoms with Gasteiger partial charge in [-0.15, -0.1) is 0 Å². The molecule has 0 aliphatic heterocycles. The van der Waals surface area contributed by atoms with Crippen molar-refractivity contribution in [1.82, 2.24) is 4.90 Å². The summed E-state index contributed by atoms with van der Waals surface area (Å²) in [5, 5.41) is 0. The van der Waals surface area contributed by atoms with Crippen LogP contribution in [0.5, 0.6) is 0 Å². The monoisotopic (exact) mass is 128 g/mol. The standard InChI is InChI=1S/C8H18N/c1-5-8(2)6-7-9(3)4/h5-7H2,1-4H3. The van der Waals surface area contributed by atoms with Crippen LogP contribution in [0.3, 0.4) is 0 Å². The Bertz CT molecular complexity index is 59.6. The van der Waals surface area contributed by atoms with Crippen molar-refractivity contribution in [2.45, 2.75) is 26.7 Å². The van der Waals surface area contributed by atoms with E-state index < -0.39 is 0 Å². The molecular formula is C8H18N. The Hall–Kier alpha value is -0.0400. The zero-order valence-electron chi connectivity index (χ0n) is 7.07. The van der Waals surface area contributed by atoms with Gasteiger partial charge in [0, 0.05) is 0 Å². The Morgan fingerprint density at radius 3 is 2.22 bits per heavy atom. The van der Waals surface area contributed by atoms with E-state index in [1.807, 2.05) is 0 Å². The van der Waals surface area contributed by atoms with E-state index in [1.165, 1.54) is 19.4 Å². The average Bonchev–Trinajstić information content (AvgIpc) is 1.83. The number of nitrogens with zero attached hydrogens (tertiary/aromatic N) is 1. The maximum Gasteiger partial charge on any atom is -0.00194 e. The van der Waals surface area contributed by atoms with Crippen LogP contribution in [0.1, 0.15) is 26.7 Å². The van der Waals surface area contributed by atoms with E-state index in [4.69, 9.17) is 0 Å².